The lowest BCUT2D eigenvalue weighted by Gasteiger charge is -2.30. The molecule has 0 spiro atoms. The van der Waals surface area contributed by atoms with Crippen LogP contribution >= 0.6 is 22.7 Å². The van der Waals surface area contributed by atoms with E-state index in [1.54, 1.807) is 0 Å². The van der Waals surface area contributed by atoms with Crippen LogP contribution < -0.4 is 4.90 Å². The highest BCUT2D eigenvalue weighted by atomic mass is 32.1. The van der Waals surface area contributed by atoms with Gasteiger partial charge in [0.15, 0.2) is 0 Å². The van der Waals surface area contributed by atoms with Gasteiger partial charge in [0.25, 0.3) is 0 Å². The third-order valence-electron chi connectivity index (χ3n) is 10.9. The van der Waals surface area contributed by atoms with E-state index >= 15 is 0 Å². The zero-order chi connectivity index (χ0) is 36.3. The lowest BCUT2D eigenvalue weighted by atomic mass is 9.96. The second-order valence-corrected chi connectivity index (χ2v) is 16.2. The summed E-state index contributed by atoms with van der Waals surface area (Å²) in [6, 6.07) is 73.5. The zero-order valence-electron chi connectivity index (χ0n) is 29.8. The third-order valence-corrected chi connectivity index (χ3v) is 13.2. The Morgan fingerprint density at radius 1 is 0.309 bits per heavy atom. The highest BCUT2D eigenvalue weighted by molar-refractivity contribution is 7.26. The Balaban J connectivity index is 1.14. The van der Waals surface area contributed by atoms with Gasteiger partial charge in [-0.05, 0) is 76.0 Å². The van der Waals surface area contributed by atoms with Crippen molar-refractivity contribution in [1.82, 2.24) is 0 Å². The minimum atomic E-state index is 1.11. The first-order valence-corrected chi connectivity index (χ1v) is 20.3. The largest absolute Gasteiger partial charge is 0.309 e. The van der Waals surface area contributed by atoms with Crippen LogP contribution in [0.25, 0.3) is 84.5 Å². The normalized spacial score (nSPS) is 11.6. The Morgan fingerprint density at radius 3 is 1.75 bits per heavy atom. The van der Waals surface area contributed by atoms with E-state index in [-0.39, 0.29) is 0 Å². The molecule has 0 N–H and O–H groups in total. The molecule has 0 saturated carbocycles. The first-order valence-electron chi connectivity index (χ1n) is 18.7. The van der Waals surface area contributed by atoms with Crippen LogP contribution in [0.15, 0.2) is 200 Å². The monoisotopic (exact) mass is 735 g/mol. The summed E-state index contributed by atoms with van der Waals surface area (Å²) in [6.45, 7) is 0. The molecule has 0 amide bonds. The average Bonchev–Trinajstić information content (AvgIpc) is 3.82. The van der Waals surface area contributed by atoms with Crippen molar-refractivity contribution in [2.75, 3.05) is 4.90 Å². The summed E-state index contributed by atoms with van der Waals surface area (Å²) < 4.78 is 5.25. The Bertz CT molecular complexity index is 3240. The summed E-state index contributed by atoms with van der Waals surface area (Å²) in [7, 11) is 0. The van der Waals surface area contributed by atoms with Gasteiger partial charge in [0, 0.05) is 62.7 Å². The van der Waals surface area contributed by atoms with Gasteiger partial charge in [-0.25, -0.2) is 0 Å². The smallest absolute Gasteiger partial charge is 0.0540 e. The number of benzene rings is 9. The Hall–Kier alpha value is -6.52. The molecule has 0 radical (unpaired) electrons. The standard InChI is InChI=1S/C52H33NS2/c1-2-14-35-31-38(28-27-34(35)13-1)40-17-3-7-23-47(40)53(39-16-11-15-36(32-39)37-29-30-44-42-19-5-9-25-49(42)54-51(44)33-37)48-24-8-4-18-41(48)45-21-12-22-46-43-20-6-10-26-50(43)55-52(45)46/h1-33H. The van der Waals surface area contributed by atoms with Crippen LogP contribution in [0.3, 0.4) is 0 Å². The summed E-state index contributed by atoms with van der Waals surface area (Å²) in [6.07, 6.45) is 0. The molecule has 55 heavy (non-hydrogen) atoms. The van der Waals surface area contributed by atoms with Gasteiger partial charge in [0.1, 0.15) is 0 Å². The summed E-state index contributed by atoms with van der Waals surface area (Å²) in [5, 5.41) is 7.72. The molecule has 0 aliphatic heterocycles. The number of fused-ring (bicyclic) bond motifs is 7. The van der Waals surface area contributed by atoms with E-state index in [1.165, 1.54) is 84.5 Å². The molecule has 0 unspecified atom stereocenters. The summed E-state index contributed by atoms with van der Waals surface area (Å²) >= 11 is 3.75. The van der Waals surface area contributed by atoms with E-state index in [0.29, 0.717) is 0 Å². The fourth-order valence-electron chi connectivity index (χ4n) is 8.26. The molecule has 9 aromatic carbocycles. The molecule has 258 valence electrons. The maximum absolute atomic E-state index is 2.48. The second-order valence-electron chi connectivity index (χ2n) is 14.1. The number of anilines is 3. The highest BCUT2D eigenvalue weighted by Crippen LogP contribution is 2.48. The van der Waals surface area contributed by atoms with Gasteiger partial charge in [-0.2, -0.15) is 0 Å². The number of para-hydroxylation sites is 2. The number of hydrogen-bond donors (Lipinski definition) is 0. The van der Waals surface area contributed by atoms with Crippen LogP contribution in [0.4, 0.5) is 17.1 Å². The summed E-state index contributed by atoms with van der Waals surface area (Å²) in [4.78, 5) is 2.48. The SMILES string of the molecule is c1cc(-c2ccc3c(c2)sc2ccccc23)cc(N(c2ccccc2-c2ccc3ccccc3c2)c2ccccc2-c2cccc3c2sc2ccccc23)c1. The van der Waals surface area contributed by atoms with Gasteiger partial charge in [0.05, 0.1) is 11.4 Å². The van der Waals surface area contributed by atoms with Crippen molar-refractivity contribution in [2.45, 2.75) is 0 Å². The van der Waals surface area contributed by atoms with Crippen molar-refractivity contribution >= 4 is 90.9 Å². The maximum Gasteiger partial charge on any atom is 0.0540 e. The van der Waals surface area contributed by atoms with Crippen molar-refractivity contribution < 1.29 is 0 Å². The number of thiophene rings is 2. The van der Waals surface area contributed by atoms with E-state index in [0.717, 1.165) is 17.1 Å². The fourth-order valence-corrected chi connectivity index (χ4v) is 10.6. The van der Waals surface area contributed by atoms with Gasteiger partial charge in [0.2, 0.25) is 0 Å². The van der Waals surface area contributed by atoms with E-state index in [9.17, 15) is 0 Å². The fraction of sp³-hybridized carbons (Fsp3) is 0. The molecule has 3 heteroatoms. The van der Waals surface area contributed by atoms with Crippen LogP contribution in [-0.2, 0) is 0 Å². The van der Waals surface area contributed by atoms with Gasteiger partial charge in [-0.3, -0.25) is 0 Å². The molecular weight excluding hydrogens is 703 g/mol. The molecule has 0 aliphatic rings. The molecule has 0 saturated heterocycles. The molecule has 2 heterocycles. The van der Waals surface area contributed by atoms with Crippen LogP contribution in [-0.4, -0.2) is 0 Å². The minimum Gasteiger partial charge on any atom is -0.309 e. The lowest BCUT2D eigenvalue weighted by molar-refractivity contribution is 1.28. The van der Waals surface area contributed by atoms with Gasteiger partial charge < -0.3 is 4.90 Å². The van der Waals surface area contributed by atoms with Crippen molar-refractivity contribution in [3.05, 3.63) is 200 Å². The van der Waals surface area contributed by atoms with Crippen molar-refractivity contribution in [1.29, 1.82) is 0 Å². The molecule has 0 aliphatic carbocycles. The van der Waals surface area contributed by atoms with Crippen LogP contribution in [0.1, 0.15) is 0 Å². The number of rotatable bonds is 6. The lowest BCUT2D eigenvalue weighted by Crippen LogP contribution is -2.12. The topological polar surface area (TPSA) is 3.24 Å². The van der Waals surface area contributed by atoms with Crippen molar-refractivity contribution in [3.63, 3.8) is 0 Å². The number of nitrogens with zero attached hydrogens (tertiary/aromatic N) is 1. The van der Waals surface area contributed by atoms with Crippen LogP contribution in [0.2, 0.25) is 0 Å². The quantitative estimate of drug-likeness (QED) is 0.164. The zero-order valence-corrected chi connectivity index (χ0v) is 31.4. The van der Waals surface area contributed by atoms with Crippen molar-refractivity contribution in [2.24, 2.45) is 0 Å². The van der Waals surface area contributed by atoms with Crippen LogP contribution in [0, 0.1) is 0 Å². The molecule has 1 nitrogen and oxygen atoms in total. The summed E-state index contributed by atoms with van der Waals surface area (Å²) in [5.74, 6) is 0. The predicted octanol–water partition coefficient (Wildman–Crippen LogP) is 16.0. The van der Waals surface area contributed by atoms with E-state index in [1.807, 2.05) is 22.7 Å². The molecule has 0 atom stereocenters. The van der Waals surface area contributed by atoms with Crippen LogP contribution in [0.5, 0.6) is 0 Å². The Labute approximate surface area is 327 Å². The minimum absolute atomic E-state index is 1.11. The molecule has 11 aromatic rings. The third kappa shape index (κ3) is 5.43. The van der Waals surface area contributed by atoms with E-state index < -0.39 is 0 Å². The highest BCUT2D eigenvalue weighted by Gasteiger charge is 2.22. The maximum atomic E-state index is 2.48. The molecule has 0 bridgehead atoms. The molecular formula is C52H33NS2. The average molecular weight is 736 g/mol. The van der Waals surface area contributed by atoms with Gasteiger partial charge in [-0.15, -0.1) is 22.7 Å². The van der Waals surface area contributed by atoms with Gasteiger partial charge >= 0.3 is 0 Å². The van der Waals surface area contributed by atoms with E-state index in [2.05, 4.69) is 205 Å². The second kappa shape index (κ2) is 13.1. The number of hydrogen-bond acceptors (Lipinski definition) is 3. The first-order chi connectivity index (χ1) is 27.3. The van der Waals surface area contributed by atoms with Crippen molar-refractivity contribution in [3.8, 4) is 33.4 Å². The molecule has 2 aromatic heterocycles. The van der Waals surface area contributed by atoms with E-state index in [4.69, 9.17) is 0 Å². The predicted molar refractivity (Wildman–Crippen MR) is 241 cm³/mol. The first kappa shape index (κ1) is 32.0. The molecule has 11 rings (SSSR count). The molecule has 0 fully saturated rings. The van der Waals surface area contributed by atoms with Gasteiger partial charge in [-0.1, -0.05) is 152 Å². The Morgan fingerprint density at radius 2 is 0.891 bits per heavy atom. The Kier molecular flexibility index (Phi) is 7.61. The summed E-state index contributed by atoms with van der Waals surface area (Å²) in [5.41, 5.74) is 10.6.